The highest BCUT2D eigenvalue weighted by molar-refractivity contribution is 7.89. The summed E-state index contributed by atoms with van der Waals surface area (Å²) >= 11 is 1.21. The second-order valence-corrected chi connectivity index (χ2v) is 9.62. The van der Waals surface area contributed by atoms with Crippen molar-refractivity contribution in [3.05, 3.63) is 64.9 Å². The van der Waals surface area contributed by atoms with Gasteiger partial charge in [0.15, 0.2) is 5.01 Å². The Balaban J connectivity index is 1.58. The summed E-state index contributed by atoms with van der Waals surface area (Å²) in [5, 5.41) is 9.20. The Labute approximate surface area is 169 Å². The third-order valence-electron chi connectivity index (χ3n) is 4.79. The van der Waals surface area contributed by atoms with E-state index in [0.29, 0.717) is 34.5 Å². The van der Waals surface area contributed by atoms with Crippen molar-refractivity contribution in [2.24, 2.45) is 0 Å². The van der Waals surface area contributed by atoms with Gasteiger partial charge >= 0.3 is 0 Å². The zero-order valence-corrected chi connectivity index (χ0v) is 16.7. The van der Waals surface area contributed by atoms with E-state index >= 15 is 0 Å². The summed E-state index contributed by atoms with van der Waals surface area (Å²) in [4.78, 5) is -0.552. The number of hydrogen-bond acceptors (Lipinski definition) is 5. The standard InChI is InChI=1S/C19H16F3N3O2S2/c20-13-7-8-17(16(22)10-13)29(26,27)25-9-3-4-12(11-25)18-23-24-19(28-18)14-5-1-2-6-15(14)21/h1-2,5-8,10,12H,3-4,9,11H2. The summed E-state index contributed by atoms with van der Waals surface area (Å²) in [7, 11) is -4.11. The molecule has 0 amide bonds. The van der Waals surface area contributed by atoms with E-state index in [1.54, 1.807) is 18.2 Å². The van der Waals surface area contributed by atoms with Gasteiger partial charge in [0.1, 0.15) is 27.4 Å². The van der Waals surface area contributed by atoms with E-state index in [-0.39, 0.29) is 19.0 Å². The predicted octanol–water partition coefficient (Wildman–Crippen LogP) is 4.19. The van der Waals surface area contributed by atoms with E-state index in [2.05, 4.69) is 10.2 Å². The molecular formula is C19H16F3N3O2S2. The quantitative estimate of drug-likeness (QED) is 0.612. The van der Waals surface area contributed by atoms with Crippen LogP contribution in [0.15, 0.2) is 47.4 Å². The number of nitrogens with zero attached hydrogens (tertiary/aromatic N) is 3. The number of halogens is 3. The van der Waals surface area contributed by atoms with Crippen molar-refractivity contribution in [3.8, 4) is 10.6 Å². The molecule has 0 aliphatic carbocycles. The Hall–Kier alpha value is -2.30. The minimum atomic E-state index is -4.11. The lowest BCUT2D eigenvalue weighted by molar-refractivity contribution is 0.313. The summed E-state index contributed by atoms with van der Waals surface area (Å²) in [6, 6.07) is 8.63. The van der Waals surface area contributed by atoms with Crippen LogP contribution in [-0.4, -0.2) is 36.0 Å². The predicted molar refractivity (Wildman–Crippen MR) is 102 cm³/mol. The van der Waals surface area contributed by atoms with Crippen molar-refractivity contribution in [2.45, 2.75) is 23.7 Å². The molecule has 1 aliphatic heterocycles. The van der Waals surface area contributed by atoms with E-state index in [9.17, 15) is 21.6 Å². The fourth-order valence-corrected chi connectivity index (χ4v) is 5.89. The lowest BCUT2D eigenvalue weighted by Gasteiger charge is -2.30. The molecule has 10 heteroatoms. The van der Waals surface area contributed by atoms with E-state index in [0.717, 1.165) is 12.1 Å². The van der Waals surface area contributed by atoms with Gasteiger partial charge in [0.2, 0.25) is 10.0 Å². The molecule has 0 spiro atoms. The van der Waals surface area contributed by atoms with E-state index in [1.165, 1.54) is 21.7 Å². The van der Waals surface area contributed by atoms with Gasteiger partial charge in [-0.05, 0) is 37.1 Å². The van der Waals surface area contributed by atoms with Crippen LogP contribution in [0.4, 0.5) is 13.2 Å². The Bertz CT molecular complexity index is 1150. The van der Waals surface area contributed by atoms with Gasteiger partial charge in [-0.3, -0.25) is 0 Å². The zero-order valence-electron chi connectivity index (χ0n) is 15.1. The first-order valence-corrected chi connectivity index (χ1v) is 11.2. The molecule has 29 heavy (non-hydrogen) atoms. The molecular weight excluding hydrogens is 423 g/mol. The van der Waals surface area contributed by atoms with Crippen LogP contribution in [0, 0.1) is 17.5 Å². The zero-order chi connectivity index (χ0) is 20.6. The molecule has 0 N–H and O–H groups in total. The molecule has 1 unspecified atom stereocenters. The van der Waals surface area contributed by atoms with Crippen LogP contribution in [0.25, 0.3) is 10.6 Å². The number of hydrogen-bond donors (Lipinski definition) is 0. The number of sulfonamides is 1. The van der Waals surface area contributed by atoms with Crippen LogP contribution < -0.4 is 0 Å². The van der Waals surface area contributed by atoms with Crippen molar-refractivity contribution in [1.29, 1.82) is 0 Å². The Morgan fingerprint density at radius 2 is 1.83 bits per heavy atom. The second-order valence-electron chi connectivity index (χ2n) is 6.70. The maximum atomic E-state index is 14.0. The molecule has 152 valence electrons. The summed E-state index contributed by atoms with van der Waals surface area (Å²) in [6.45, 7) is 0.333. The van der Waals surface area contributed by atoms with Gasteiger partial charge in [0.05, 0.1) is 0 Å². The lowest BCUT2D eigenvalue weighted by Crippen LogP contribution is -2.39. The van der Waals surface area contributed by atoms with Gasteiger partial charge in [0.25, 0.3) is 0 Å². The average molecular weight is 439 g/mol. The Morgan fingerprint density at radius 1 is 1.03 bits per heavy atom. The Morgan fingerprint density at radius 3 is 2.59 bits per heavy atom. The molecule has 1 aromatic heterocycles. The largest absolute Gasteiger partial charge is 0.246 e. The molecule has 1 fully saturated rings. The first-order valence-electron chi connectivity index (χ1n) is 8.90. The van der Waals surface area contributed by atoms with Gasteiger partial charge in [-0.25, -0.2) is 21.6 Å². The lowest BCUT2D eigenvalue weighted by atomic mass is 10.0. The maximum Gasteiger partial charge on any atom is 0.246 e. The van der Waals surface area contributed by atoms with Gasteiger partial charge in [-0.2, -0.15) is 4.31 Å². The SMILES string of the molecule is O=S(=O)(c1ccc(F)cc1F)N1CCCC(c2nnc(-c3ccccc3F)s2)C1. The molecule has 5 nitrogen and oxygen atoms in total. The summed E-state index contributed by atoms with van der Waals surface area (Å²) in [5.41, 5.74) is 0.338. The van der Waals surface area contributed by atoms with Crippen LogP contribution >= 0.6 is 11.3 Å². The normalized spacial score (nSPS) is 18.1. The van der Waals surface area contributed by atoms with Crippen molar-refractivity contribution in [1.82, 2.24) is 14.5 Å². The summed E-state index contributed by atoms with van der Waals surface area (Å²) < 4.78 is 68.1. The molecule has 4 rings (SSSR count). The minimum absolute atomic E-state index is 0.102. The fourth-order valence-electron chi connectivity index (χ4n) is 3.33. The molecule has 1 saturated heterocycles. The fraction of sp³-hybridized carbons (Fsp3) is 0.263. The van der Waals surface area contributed by atoms with Gasteiger partial charge in [-0.15, -0.1) is 10.2 Å². The maximum absolute atomic E-state index is 14.0. The average Bonchev–Trinajstić information content (AvgIpc) is 3.18. The van der Waals surface area contributed by atoms with Crippen LogP contribution in [0.1, 0.15) is 23.8 Å². The van der Waals surface area contributed by atoms with E-state index in [4.69, 9.17) is 0 Å². The second kappa shape index (κ2) is 7.85. The third kappa shape index (κ3) is 3.92. The number of benzene rings is 2. The monoisotopic (exact) mass is 439 g/mol. The summed E-state index contributed by atoms with van der Waals surface area (Å²) in [5.74, 6) is -2.60. The Kier molecular flexibility index (Phi) is 5.41. The van der Waals surface area contributed by atoms with Crippen LogP contribution in [0.3, 0.4) is 0 Å². The third-order valence-corrected chi connectivity index (χ3v) is 7.81. The number of aromatic nitrogens is 2. The highest BCUT2D eigenvalue weighted by Gasteiger charge is 2.34. The highest BCUT2D eigenvalue weighted by Crippen LogP contribution is 2.35. The molecule has 0 radical (unpaired) electrons. The van der Waals surface area contributed by atoms with Gasteiger partial charge < -0.3 is 0 Å². The molecule has 1 aliphatic rings. The van der Waals surface area contributed by atoms with Crippen LogP contribution in [0.5, 0.6) is 0 Å². The van der Waals surface area contributed by atoms with Crippen LogP contribution in [0.2, 0.25) is 0 Å². The van der Waals surface area contributed by atoms with Gasteiger partial charge in [0, 0.05) is 30.6 Å². The highest BCUT2D eigenvalue weighted by atomic mass is 32.2. The van der Waals surface area contributed by atoms with Crippen molar-refractivity contribution in [2.75, 3.05) is 13.1 Å². The number of rotatable bonds is 4. The summed E-state index contributed by atoms with van der Waals surface area (Å²) in [6.07, 6.45) is 1.24. The van der Waals surface area contributed by atoms with Crippen molar-refractivity contribution < 1.29 is 21.6 Å². The van der Waals surface area contributed by atoms with Crippen LogP contribution in [-0.2, 0) is 10.0 Å². The molecule has 2 heterocycles. The molecule has 2 aromatic carbocycles. The smallest absolute Gasteiger partial charge is 0.207 e. The molecule has 1 atom stereocenters. The molecule has 3 aromatic rings. The van der Waals surface area contributed by atoms with E-state index in [1.807, 2.05) is 0 Å². The number of piperidine rings is 1. The molecule has 0 bridgehead atoms. The van der Waals surface area contributed by atoms with Crippen molar-refractivity contribution >= 4 is 21.4 Å². The topological polar surface area (TPSA) is 63.2 Å². The van der Waals surface area contributed by atoms with E-state index < -0.39 is 32.4 Å². The first kappa shape index (κ1) is 20.0. The van der Waals surface area contributed by atoms with Gasteiger partial charge in [-0.1, -0.05) is 23.5 Å². The van der Waals surface area contributed by atoms with Crippen molar-refractivity contribution in [3.63, 3.8) is 0 Å². The molecule has 0 saturated carbocycles. The minimum Gasteiger partial charge on any atom is -0.207 e. The first-order chi connectivity index (χ1) is 13.9.